The van der Waals surface area contributed by atoms with Gasteiger partial charge in [0.15, 0.2) is 5.82 Å². The summed E-state index contributed by atoms with van der Waals surface area (Å²) in [6, 6.07) is 2.10. The van der Waals surface area contributed by atoms with Gasteiger partial charge in [0.05, 0.1) is 5.39 Å². The SMILES string of the molecule is Cc1cc2c(NN)nc(C3CCCCC3)nc2s1. The van der Waals surface area contributed by atoms with Crippen molar-refractivity contribution in [1.29, 1.82) is 0 Å². The monoisotopic (exact) mass is 262 g/mol. The number of fused-ring (bicyclic) bond motifs is 1. The van der Waals surface area contributed by atoms with E-state index in [9.17, 15) is 0 Å². The highest BCUT2D eigenvalue weighted by Gasteiger charge is 2.20. The summed E-state index contributed by atoms with van der Waals surface area (Å²) in [6.07, 6.45) is 6.35. The number of rotatable bonds is 2. The molecule has 0 spiro atoms. The van der Waals surface area contributed by atoms with Crippen molar-refractivity contribution in [2.24, 2.45) is 5.84 Å². The average Bonchev–Trinajstić information content (AvgIpc) is 2.78. The van der Waals surface area contributed by atoms with Crippen molar-refractivity contribution in [3.63, 3.8) is 0 Å². The molecule has 0 radical (unpaired) electrons. The van der Waals surface area contributed by atoms with Crippen LogP contribution < -0.4 is 11.3 Å². The summed E-state index contributed by atoms with van der Waals surface area (Å²) in [5, 5.41) is 1.04. The molecule has 2 aromatic rings. The lowest BCUT2D eigenvalue weighted by atomic mass is 9.89. The molecule has 0 bridgehead atoms. The zero-order chi connectivity index (χ0) is 12.5. The van der Waals surface area contributed by atoms with Gasteiger partial charge in [0, 0.05) is 10.8 Å². The maximum atomic E-state index is 5.59. The molecule has 3 rings (SSSR count). The molecule has 0 saturated heterocycles. The largest absolute Gasteiger partial charge is 0.308 e. The third-order valence-corrected chi connectivity index (χ3v) is 4.58. The molecule has 2 aromatic heterocycles. The van der Waals surface area contributed by atoms with E-state index in [1.165, 1.54) is 37.0 Å². The summed E-state index contributed by atoms with van der Waals surface area (Å²) in [5.41, 5.74) is 2.72. The number of anilines is 1. The number of nitrogens with two attached hydrogens (primary N) is 1. The van der Waals surface area contributed by atoms with Crippen molar-refractivity contribution in [3.8, 4) is 0 Å². The van der Waals surface area contributed by atoms with Crippen molar-refractivity contribution >= 4 is 27.4 Å². The lowest BCUT2D eigenvalue weighted by Gasteiger charge is -2.20. The maximum Gasteiger partial charge on any atom is 0.152 e. The molecule has 4 nitrogen and oxygen atoms in total. The number of nitrogens with zero attached hydrogens (tertiary/aromatic N) is 2. The predicted molar refractivity (Wildman–Crippen MR) is 75.8 cm³/mol. The van der Waals surface area contributed by atoms with Gasteiger partial charge in [0.2, 0.25) is 0 Å². The highest BCUT2D eigenvalue weighted by Crippen LogP contribution is 2.34. The van der Waals surface area contributed by atoms with E-state index < -0.39 is 0 Å². The van der Waals surface area contributed by atoms with E-state index in [4.69, 9.17) is 10.8 Å². The Hall–Kier alpha value is -1.20. The van der Waals surface area contributed by atoms with Gasteiger partial charge in [-0.15, -0.1) is 11.3 Å². The Bertz CT molecular complexity index is 557. The van der Waals surface area contributed by atoms with Gasteiger partial charge in [0.1, 0.15) is 10.7 Å². The first-order valence-corrected chi connectivity index (χ1v) is 7.34. The molecule has 3 N–H and O–H groups in total. The molecule has 96 valence electrons. The van der Waals surface area contributed by atoms with Crippen LogP contribution in [0.15, 0.2) is 6.07 Å². The number of hydrogen-bond acceptors (Lipinski definition) is 5. The van der Waals surface area contributed by atoms with Crippen LogP contribution in [0.2, 0.25) is 0 Å². The molecular weight excluding hydrogens is 244 g/mol. The third-order valence-electron chi connectivity index (χ3n) is 3.64. The van der Waals surface area contributed by atoms with Crippen LogP contribution in [0.5, 0.6) is 0 Å². The molecule has 0 unspecified atom stereocenters. The van der Waals surface area contributed by atoms with Crippen LogP contribution in [0.1, 0.15) is 48.7 Å². The topological polar surface area (TPSA) is 63.8 Å². The normalized spacial score (nSPS) is 17.2. The number of nitrogen functional groups attached to an aromatic ring is 1. The quantitative estimate of drug-likeness (QED) is 0.643. The van der Waals surface area contributed by atoms with E-state index in [2.05, 4.69) is 23.4 Å². The molecule has 18 heavy (non-hydrogen) atoms. The van der Waals surface area contributed by atoms with Crippen LogP contribution in [-0.2, 0) is 0 Å². The minimum Gasteiger partial charge on any atom is -0.308 e. The summed E-state index contributed by atoms with van der Waals surface area (Å²) in [5.74, 6) is 7.84. The number of hydrogen-bond donors (Lipinski definition) is 2. The van der Waals surface area contributed by atoms with Crippen LogP contribution in [0.25, 0.3) is 10.2 Å². The van der Waals surface area contributed by atoms with Crippen molar-refractivity contribution < 1.29 is 0 Å². The second kappa shape index (κ2) is 4.82. The van der Waals surface area contributed by atoms with E-state index in [-0.39, 0.29) is 0 Å². The molecule has 0 aliphatic heterocycles. The summed E-state index contributed by atoms with van der Waals surface area (Å²) < 4.78 is 0. The average molecular weight is 262 g/mol. The number of hydrazine groups is 1. The Kier molecular flexibility index (Phi) is 3.18. The summed E-state index contributed by atoms with van der Waals surface area (Å²) in [4.78, 5) is 11.7. The van der Waals surface area contributed by atoms with Gasteiger partial charge in [-0.25, -0.2) is 15.8 Å². The minimum absolute atomic E-state index is 0.512. The first-order valence-electron chi connectivity index (χ1n) is 6.52. The Balaban J connectivity index is 2.06. The second-order valence-corrected chi connectivity index (χ2v) is 6.22. The van der Waals surface area contributed by atoms with Gasteiger partial charge in [-0.2, -0.15) is 0 Å². The zero-order valence-corrected chi connectivity index (χ0v) is 11.4. The Labute approximate surface area is 111 Å². The molecule has 0 atom stereocenters. The predicted octanol–water partition coefficient (Wildman–Crippen LogP) is 3.33. The fourth-order valence-corrected chi connectivity index (χ4v) is 3.60. The van der Waals surface area contributed by atoms with E-state index in [0.717, 1.165) is 21.9 Å². The zero-order valence-electron chi connectivity index (χ0n) is 10.6. The second-order valence-electron chi connectivity index (χ2n) is 4.99. The molecule has 0 aromatic carbocycles. The fraction of sp³-hybridized carbons (Fsp3) is 0.538. The van der Waals surface area contributed by atoms with Gasteiger partial charge < -0.3 is 5.43 Å². The van der Waals surface area contributed by atoms with Crippen molar-refractivity contribution in [3.05, 3.63) is 16.8 Å². The van der Waals surface area contributed by atoms with Crippen LogP contribution in [-0.4, -0.2) is 9.97 Å². The van der Waals surface area contributed by atoms with Crippen LogP contribution in [0.3, 0.4) is 0 Å². The molecule has 0 amide bonds. The third kappa shape index (κ3) is 2.08. The number of aromatic nitrogens is 2. The lowest BCUT2D eigenvalue weighted by molar-refractivity contribution is 0.430. The highest BCUT2D eigenvalue weighted by atomic mass is 32.1. The number of aryl methyl sites for hydroxylation is 1. The first kappa shape index (κ1) is 11.9. The molecule has 1 aliphatic carbocycles. The van der Waals surface area contributed by atoms with Gasteiger partial charge in [-0.3, -0.25) is 0 Å². The Morgan fingerprint density at radius 3 is 2.78 bits per heavy atom. The molecule has 1 aliphatic rings. The van der Waals surface area contributed by atoms with Crippen molar-refractivity contribution in [2.75, 3.05) is 5.43 Å². The van der Waals surface area contributed by atoms with Crippen LogP contribution in [0.4, 0.5) is 5.82 Å². The number of nitrogens with one attached hydrogen (secondary N) is 1. The molecular formula is C13H18N4S. The fourth-order valence-electron chi connectivity index (χ4n) is 2.71. The Morgan fingerprint density at radius 1 is 1.28 bits per heavy atom. The Morgan fingerprint density at radius 2 is 2.06 bits per heavy atom. The minimum atomic E-state index is 0.512. The van der Waals surface area contributed by atoms with Crippen LogP contribution in [0, 0.1) is 6.92 Å². The molecule has 1 fully saturated rings. The molecule has 1 saturated carbocycles. The first-order chi connectivity index (χ1) is 8.78. The van der Waals surface area contributed by atoms with E-state index in [0.29, 0.717) is 5.92 Å². The smallest absolute Gasteiger partial charge is 0.152 e. The van der Waals surface area contributed by atoms with Gasteiger partial charge in [-0.1, -0.05) is 19.3 Å². The van der Waals surface area contributed by atoms with E-state index in [1.54, 1.807) is 11.3 Å². The highest BCUT2D eigenvalue weighted by molar-refractivity contribution is 7.18. The lowest BCUT2D eigenvalue weighted by Crippen LogP contribution is -2.13. The standard InChI is InChI=1S/C13H18N4S/c1-8-7-10-12(17-14)15-11(16-13(10)18-8)9-5-3-2-4-6-9/h7,9H,2-6,14H2,1H3,(H,15,16,17). The summed E-state index contributed by atoms with van der Waals surface area (Å²) in [6.45, 7) is 2.09. The summed E-state index contributed by atoms with van der Waals surface area (Å²) >= 11 is 1.71. The van der Waals surface area contributed by atoms with Crippen LogP contribution >= 0.6 is 11.3 Å². The summed E-state index contributed by atoms with van der Waals surface area (Å²) in [7, 11) is 0. The van der Waals surface area contributed by atoms with Crippen molar-refractivity contribution in [2.45, 2.75) is 44.9 Å². The van der Waals surface area contributed by atoms with Crippen molar-refractivity contribution in [1.82, 2.24) is 9.97 Å². The maximum absolute atomic E-state index is 5.59. The molecule has 2 heterocycles. The number of thiophene rings is 1. The van der Waals surface area contributed by atoms with Gasteiger partial charge in [-0.05, 0) is 25.8 Å². The van der Waals surface area contributed by atoms with Gasteiger partial charge in [0.25, 0.3) is 0 Å². The van der Waals surface area contributed by atoms with Gasteiger partial charge >= 0.3 is 0 Å². The molecule has 5 heteroatoms. The van der Waals surface area contributed by atoms with E-state index >= 15 is 0 Å². The van der Waals surface area contributed by atoms with E-state index in [1.807, 2.05) is 0 Å².